The molecule has 0 aliphatic carbocycles. The van der Waals surface area contributed by atoms with E-state index >= 15 is 0 Å². The number of aromatic nitrogens is 4. The van der Waals surface area contributed by atoms with Crippen molar-refractivity contribution in [3.63, 3.8) is 0 Å². The van der Waals surface area contributed by atoms with Gasteiger partial charge >= 0.3 is 0 Å². The van der Waals surface area contributed by atoms with Crippen molar-refractivity contribution in [2.45, 2.75) is 26.6 Å². The zero-order chi connectivity index (χ0) is 13.1. The van der Waals surface area contributed by atoms with E-state index in [4.69, 9.17) is 0 Å². The summed E-state index contributed by atoms with van der Waals surface area (Å²) in [6, 6.07) is 1.79. The smallest absolute Gasteiger partial charge is 0.271 e. The van der Waals surface area contributed by atoms with Gasteiger partial charge in [-0.15, -0.1) is 0 Å². The third-order valence-electron chi connectivity index (χ3n) is 2.18. The van der Waals surface area contributed by atoms with Gasteiger partial charge in [-0.25, -0.2) is 4.68 Å². The van der Waals surface area contributed by atoms with E-state index in [1.54, 1.807) is 27.8 Å². The predicted octanol–water partition coefficient (Wildman–Crippen LogP) is 1.49. The van der Waals surface area contributed by atoms with Crippen molar-refractivity contribution in [2.24, 2.45) is 0 Å². The molecule has 0 atom stereocenters. The minimum atomic E-state index is -0.162. The Morgan fingerprint density at radius 2 is 2.28 bits per heavy atom. The van der Waals surface area contributed by atoms with Crippen molar-refractivity contribution in [1.82, 2.24) is 24.9 Å². The first kappa shape index (κ1) is 12.8. The van der Waals surface area contributed by atoms with Crippen LogP contribution in [0.4, 0.5) is 0 Å². The van der Waals surface area contributed by atoms with Crippen LogP contribution < -0.4 is 5.32 Å². The summed E-state index contributed by atoms with van der Waals surface area (Å²) in [6.07, 6.45) is 5.30. The van der Waals surface area contributed by atoms with Crippen molar-refractivity contribution in [1.29, 1.82) is 0 Å². The average Bonchev–Trinajstić information content (AvgIpc) is 2.87. The molecule has 0 aliphatic heterocycles. The van der Waals surface area contributed by atoms with E-state index in [0.717, 1.165) is 4.47 Å². The number of amides is 1. The summed E-state index contributed by atoms with van der Waals surface area (Å²) in [7, 11) is 0. The molecule has 0 saturated heterocycles. The van der Waals surface area contributed by atoms with Crippen LogP contribution in [-0.2, 0) is 6.67 Å². The van der Waals surface area contributed by atoms with Crippen molar-refractivity contribution in [2.75, 3.05) is 0 Å². The first-order valence-electron chi connectivity index (χ1n) is 5.57. The molecule has 2 aromatic heterocycles. The van der Waals surface area contributed by atoms with E-state index in [1.165, 1.54) is 0 Å². The van der Waals surface area contributed by atoms with E-state index < -0.39 is 0 Å². The van der Waals surface area contributed by atoms with Gasteiger partial charge in [0.1, 0.15) is 12.4 Å². The molecule has 18 heavy (non-hydrogen) atoms. The highest BCUT2D eigenvalue weighted by atomic mass is 79.9. The van der Waals surface area contributed by atoms with Crippen LogP contribution in [0.3, 0.4) is 0 Å². The Morgan fingerprint density at radius 1 is 1.50 bits per heavy atom. The number of hydrogen-bond donors (Lipinski definition) is 1. The summed E-state index contributed by atoms with van der Waals surface area (Å²) in [5, 5.41) is 11.1. The molecule has 0 saturated carbocycles. The highest BCUT2D eigenvalue weighted by Crippen LogP contribution is 2.06. The molecular weight excluding hydrogens is 298 g/mol. The Labute approximate surface area is 113 Å². The number of rotatable bonds is 4. The van der Waals surface area contributed by atoms with Crippen molar-refractivity contribution >= 4 is 21.8 Å². The fourth-order valence-electron chi connectivity index (χ4n) is 1.46. The SMILES string of the molecule is CC(C)NC(=O)c1ccn(Cn2cc(Br)cn2)n1. The summed E-state index contributed by atoms with van der Waals surface area (Å²) in [4.78, 5) is 11.7. The standard InChI is InChI=1S/C11H14BrN5O/c1-8(2)14-11(18)10-3-4-16(15-10)7-17-6-9(12)5-13-17/h3-6,8H,7H2,1-2H3,(H,14,18). The van der Waals surface area contributed by atoms with E-state index in [9.17, 15) is 4.79 Å². The molecule has 0 aliphatic rings. The minimum absolute atomic E-state index is 0.102. The molecule has 96 valence electrons. The van der Waals surface area contributed by atoms with Crippen LogP contribution in [0.5, 0.6) is 0 Å². The molecule has 1 N–H and O–H groups in total. The van der Waals surface area contributed by atoms with Gasteiger partial charge in [-0.3, -0.25) is 9.48 Å². The molecule has 7 heteroatoms. The molecule has 0 unspecified atom stereocenters. The highest BCUT2D eigenvalue weighted by Gasteiger charge is 2.10. The summed E-state index contributed by atoms with van der Waals surface area (Å²) in [5.74, 6) is -0.162. The van der Waals surface area contributed by atoms with Gasteiger partial charge in [0, 0.05) is 18.4 Å². The van der Waals surface area contributed by atoms with Crippen LogP contribution in [0.25, 0.3) is 0 Å². The second-order valence-corrected chi connectivity index (χ2v) is 5.12. The summed E-state index contributed by atoms with van der Waals surface area (Å²) in [5.41, 5.74) is 0.412. The molecule has 2 heterocycles. The van der Waals surface area contributed by atoms with Gasteiger partial charge in [0.15, 0.2) is 0 Å². The lowest BCUT2D eigenvalue weighted by Crippen LogP contribution is -2.30. The molecule has 0 fully saturated rings. The monoisotopic (exact) mass is 311 g/mol. The molecule has 2 aromatic rings. The predicted molar refractivity (Wildman–Crippen MR) is 70.2 cm³/mol. The molecule has 0 bridgehead atoms. The Bertz CT molecular complexity index is 545. The van der Waals surface area contributed by atoms with Gasteiger partial charge in [-0.2, -0.15) is 10.2 Å². The van der Waals surface area contributed by atoms with Crippen LogP contribution in [0.2, 0.25) is 0 Å². The van der Waals surface area contributed by atoms with Crippen LogP contribution >= 0.6 is 15.9 Å². The lowest BCUT2D eigenvalue weighted by Gasteiger charge is -2.05. The fraction of sp³-hybridized carbons (Fsp3) is 0.364. The van der Waals surface area contributed by atoms with Crippen molar-refractivity contribution < 1.29 is 4.79 Å². The van der Waals surface area contributed by atoms with Crippen LogP contribution in [-0.4, -0.2) is 31.5 Å². The molecule has 2 rings (SSSR count). The number of halogens is 1. The van der Waals surface area contributed by atoms with Crippen molar-refractivity contribution in [3.8, 4) is 0 Å². The maximum atomic E-state index is 11.7. The summed E-state index contributed by atoms with van der Waals surface area (Å²) in [6.45, 7) is 4.30. The van der Waals surface area contributed by atoms with E-state index in [2.05, 4.69) is 31.4 Å². The highest BCUT2D eigenvalue weighted by molar-refractivity contribution is 9.10. The molecule has 0 aromatic carbocycles. The number of nitrogens with zero attached hydrogens (tertiary/aromatic N) is 4. The molecule has 6 nitrogen and oxygen atoms in total. The maximum Gasteiger partial charge on any atom is 0.271 e. The average molecular weight is 312 g/mol. The van der Waals surface area contributed by atoms with Gasteiger partial charge in [0.05, 0.1) is 10.7 Å². The summed E-state index contributed by atoms with van der Waals surface area (Å²) < 4.78 is 4.29. The van der Waals surface area contributed by atoms with Gasteiger partial charge in [0.2, 0.25) is 0 Å². The first-order chi connectivity index (χ1) is 8.54. The first-order valence-corrected chi connectivity index (χ1v) is 6.36. The largest absolute Gasteiger partial charge is 0.348 e. The van der Waals surface area contributed by atoms with Crippen LogP contribution in [0.15, 0.2) is 29.1 Å². The second-order valence-electron chi connectivity index (χ2n) is 4.21. The summed E-state index contributed by atoms with van der Waals surface area (Å²) >= 11 is 3.32. The van der Waals surface area contributed by atoms with E-state index in [-0.39, 0.29) is 11.9 Å². The zero-order valence-corrected chi connectivity index (χ0v) is 11.8. The Kier molecular flexibility index (Phi) is 3.81. The molecule has 0 spiro atoms. The number of carbonyl (C=O) groups is 1. The third-order valence-corrected chi connectivity index (χ3v) is 2.59. The number of hydrogen-bond acceptors (Lipinski definition) is 3. The quantitative estimate of drug-likeness (QED) is 0.930. The number of nitrogens with one attached hydrogen (secondary N) is 1. The van der Waals surface area contributed by atoms with E-state index in [1.807, 2.05) is 20.0 Å². The van der Waals surface area contributed by atoms with Crippen LogP contribution in [0, 0.1) is 0 Å². The van der Waals surface area contributed by atoms with Crippen molar-refractivity contribution in [3.05, 3.63) is 34.8 Å². The van der Waals surface area contributed by atoms with E-state index in [0.29, 0.717) is 12.4 Å². The molecule has 1 amide bonds. The Balaban J connectivity index is 2.04. The van der Waals surface area contributed by atoms with Gasteiger partial charge < -0.3 is 5.32 Å². The van der Waals surface area contributed by atoms with Gasteiger partial charge in [-0.05, 0) is 35.8 Å². The lowest BCUT2D eigenvalue weighted by atomic mass is 10.3. The Morgan fingerprint density at radius 3 is 2.89 bits per heavy atom. The number of carbonyl (C=O) groups excluding carboxylic acids is 1. The van der Waals surface area contributed by atoms with Crippen LogP contribution in [0.1, 0.15) is 24.3 Å². The maximum absolute atomic E-state index is 11.7. The zero-order valence-electron chi connectivity index (χ0n) is 10.2. The third kappa shape index (κ3) is 3.19. The fourth-order valence-corrected chi connectivity index (χ4v) is 1.79. The van der Waals surface area contributed by atoms with Gasteiger partial charge in [-0.1, -0.05) is 0 Å². The molecule has 0 radical (unpaired) electrons. The Hall–Kier alpha value is -1.63. The topological polar surface area (TPSA) is 64.7 Å². The normalized spacial score (nSPS) is 10.9. The molecular formula is C11H14BrN5O. The lowest BCUT2D eigenvalue weighted by molar-refractivity contribution is 0.0937. The van der Waals surface area contributed by atoms with Gasteiger partial charge in [0.25, 0.3) is 5.91 Å². The minimum Gasteiger partial charge on any atom is -0.348 e. The second kappa shape index (κ2) is 5.34.